The zero-order chi connectivity index (χ0) is 39.2. The van der Waals surface area contributed by atoms with Gasteiger partial charge in [0.2, 0.25) is 0 Å². The number of hydrogen-bond acceptors (Lipinski definition) is 10. The Morgan fingerprint density at radius 1 is 0.421 bits per heavy atom. The largest absolute Gasteiger partial charge is 0.394 e. The van der Waals surface area contributed by atoms with E-state index in [9.17, 15) is 10.2 Å². The van der Waals surface area contributed by atoms with Crippen LogP contribution in [0.5, 0.6) is 0 Å². The first kappa shape index (κ1) is 40.9. The van der Waals surface area contributed by atoms with E-state index in [4.69, 9.17) is 37.9 Å². The lowest BCUT2D eigenvalue weighted by molar-refractivity contribution is -0.370. The molecule has 10 heteroatoms. The Morgan fingerprint density at radius 3 is 1.14 bits per heavy atom. The molecule has 0 spiro atoms. The summed E-state index contributed by atoms with van der Waals surface area (Å²) in [6.45, 7) is 2.69. The first-order valence-corrected chi connectivity index (χ1v) is 19.6. The third-order valence-corrected chi connectivity index (χ3v) is 10.2. The predicted molar refractivity (Wildman–Crippen MR) is 212 cm³/mol. The molecule has 5 aromatic carbocycles. The maximum Gasteiger partial charge on any atom is 0.187 e. The van der Waals surface area contributed by atoms with Crippen LogP contribution < -0.4 is 0 Å². The van der Waals surface area contributed by atoms with E-state index in [-0.39, 0.29) is 26.4 Å². The zero-order valence-electron chi connectivity index (χ0n) is 32.1. The lowest BCUT2D eigenvalue weighted by Gasteiger charge is -2.49. The summed E-state index contributed by atoms with van der Waals surface area (Å²) in [6, 6.07) is 49.1. The van der Waals surface area contributed by atoms with Crippen LogP contribution in [-0.4, -0.2) is 78.2 Å². The maximum absolute atomic E-state index is 11.4. The van der Waals surface area contributed by atoms with Crippen molar-refractivity contribution in [2.45, 2.75) is 101 Å². The van der Waals surface area contributed by atoms with Gasteiger partial charge in [-0.25, -0.2) is 0 Å². The van der Waals surface area contributed by atoms with Crippen LogP contribution in [0.25, 0.3) is 0 Å². The van der Waals surface area contributed by atoms with Gasteiger partial charge in [0, 0.05) is 0 Å². The summed E-state index contributed by atoms with van der Waals surface area (Å²) < 4.78 is 52.9. The Hall–Kier alpha value is -4.30. The van der Waals surface area contributed by atoms with Crippen LogP contribution in [0.15, 0.2) is 152 Å². The van der Waals surface area contributed by atoms with Gasteiger partial charge in [0.15, 0.2) is 12.6 Å². The lowest BCUT2D eigenvalue weighted by atomic mass is 9.96. The molecule has 57 heavy (non-hydrogen) atoms. The van der Waals surface area contributed by atoms with Gasteiger partial charge < -0.3 is 48.1 Å². The summed E-state index contributed by atoms with van der Waals surface area (Å²) in [4.78, 5) is 0. The molecule has 10 nitrogen and oxygen atoms in total. The van der Waals surface area contributed by atoms with Crippen LogP contribution in [0, 0.1) is 0 Å². The summed E-state index contributed by atoms with van der Waals surface area (Å²) in [5.41, 5.74) is 4.77. The van der Waals surface area contributed by atoms with Crippen LogP contribution in [0.1, 0.15) is 34.7 Å². The molecule has 7 rings (SSSR count). The van der Waals surface area contributed by atoms with Gasteiger partial charge in [-0.2, -0.15) is 0 Å². The molecule has 0 radical (unpaired) electrons. The van der Waals surface area contributed by atoms with Gasteiger partial charge in [-0.15, -0.1) is 0 Å². The van der Waals surface area contributed by atoms with Crippen LogP contribution in [0.4, 0.5) is 0 Å². The summed E-state index contributed by atoms with van der Waals surface area (Å²) >= 11 is 0. The van der Waals surface area contributed by atoms with Crippen LogP contribution in [0.2, 0.25) is 0 Å². The van der Waals surface area contributed by atoms with Gasteiger partial charge in [0.25, 0.3) is 0 Å². The van der Waals surface area contributed by atoms with Crippen molar-refractivity contribution in [2.24, 2.45) is 0 Å². The molecule has 2 saturated heterocycles. The van der Waals surface area contributed by atoms with Gasteiger partial charge >= 0.3 is 0 Å². The number of ether oxygens (including phenoxy) is 8. The highest BCUT2D eigenvalue weighted by atomic mass is 16.7. The minimum absolute atomic E-state index is 0.184. The molecule has 2 aliphatic heterocycles. The van der Waals surface area contributed by atoms with E-state index in [0.29, 0.717) is 6.61 Å². The summed E-state index contributed by atoms with van der Waals surface area (Å²) in [6.07, 6.45) is -8.89. The van der Waals surface area contributed by atoms with Crippen molar-refractivity contribution < 1.29 is 48.1 Å². The Kier molecular flexibility index (Phi) is 15.0. The second-order valence-corrected chi connectivity index (χ2v) is 14.4. The topological polar surface area (TPSA) is 114 Å². The molecule has 300 valence electrons. The Bertz CT molecular complexity index is 1850. The molecule has 0 aliphatic carbocycles. The van der Waals surface area contributed by atoms with Gasteiger partial charge in [-0.05, 0) is 34.7 Å². The van der Waals surface area contributed by atoms with Crippen LogP contribution >= 0.6 is 0 Å². The van der Waals surface area contributed by atoms with Crippen molar-refractivity contribution in [2.75, 3.05) is 6.61 Å². The average Bonchev–Trinajstić information content (AvgIpc) is 3.26. The molecule has 2 N–H and O–H groups in total. The predicted octanol–water partition coefficient (Wildman–Crippen LogP) is 6.75. The minimum atomic E-state index is -1.42. The molecule has 2 aliphatic rings. The third-order valence-electron chi connectivity index (χ3n) is 10.2. The average molecular weight is 777 g/mol. The highest BCUT2D eigenvalue weighted by Crippen LogP contribution is 2.35. The molecule has 5 aromatic rings. The van der Waals surface area contributed by atoms with Crippen molar-refractivity contribution in [3.05, 3.63) is 179 Å². The van der Waals surface area contributed by atoms with E-state index >= 15 is 0 Å². The number of hydrogen-bond donors (Lipinski definition) is 2. The standard InChI is InChI=1S/C47H52O10/c1-33-40(50-28-34-17-7-2-8-18-34)42(51-29-35-19-9-3-10-20-35)45(54-32-38-25-15-6-16-26-38)47(55-33)57-41-39(27-48)56-46(49)44(53-31-37-23-13-5-14-24-37)43(41)52-30-36-21-11-4-12-22-36/h2-26,33,39-49H,27-32H2,1H3/t33-,39+,40-,41-,42+,43-,44+,45+,46-,47+/m0/s1. The van der Waals surface area contributed by atoms with E-state index in [1.807, 2.05) is 159 Å². The Balaban J connectivity index is 1.21. The molecule has 2 heterocycles. The summed E-state index contributed by atoms with van der Waals surface area (Å²) in [7, 11) is 0. The Morgan fingerprint density at radius 2 is 0.754 bits per heavy atom. The number of rotatable bonds is 18. The smallest absolute Gasteiger partial charge is 0.187 e. The van der Waals surface area contributed by atoms with Crippen LogP contribution in [0.3, 0.4) is 0 Å². The molecule has 10 atom stereocenters. The van der Waals surface area contributed by atoms with Gasteiger partial charge in [0.1, 0.15) is 42.7 Å². The summed E-state index contributed by atoms with van der Waals surface area (Å²) in [5.74, 6) is 0. The number of benzene rings is 5. The van der Waals surface area contributed by atoms with Crippen molar-refractivity contribution in [1.29, 1.82) is 0 Å². The minimum Gasteiger partial charge on any atom is -0.394 e. The second-order valence-electron chi connectivity index (χ2n) is 14.4. The maximum atomic E-state index is 11.4. The van der Waals surface area contributed by atoms with E-state index in [1.165, 1.54) is 0 Å². The van der Waals surface area contributed by atoms with Crippen molar-refractivity contribution in [3.8, 4) is 0 Å². The SMILES string of the molecule is C[C@@H]1O[C@H](O[C@@H]2[C@H](OCc3ccccc3)[C@@H](OCc3ccccc3)[C@@H](O)O[C@@H]2CO)[C@H](OCc2ccccc2)[C@H](OCc2ccccc2)[C@H]1OCc1ccccc1. The number of aliphatic hydroxyl groups is 2. The van der Waals surface area contributed by atoms with E-state index < -0.39 is 68.0 Å². The first-order valence-electron chi connectivity index (χ1n) is 19.6. The van der Waals surface area contributed by atoms with E-state index in [1.54, 1.807) is 0 Å². The molecule has 0 unspecified atom stereocenters. The monoisotopic (exact) mass is 776 g/mol. The third kappa shape index (κ3) is 11.2. The van der Waals surface area contributed by atoms with Crippen molar-refractivity contribution in [1.82, 2.24) is 0 Å². The highest BCUT2D eigenvalue weighted by Gasteiger charge is 2.53. The molecule has 0 saturated carbocycles. The highest BCUT2D eigenvalue weighted by molar-refractivity contribution is 5.17. The van der Waals surface area contributed by atoms with E-state index in [0.717, 1.165) is 27.8 Å². The van der Waals surface area contributed by atoms with Gasteiger partial charge in [-0.3, -0.25) is 0 Å². The summed E-state index contributed by atoms with van der Waals surface area (Å²) in [5, 5.41) is 22.1. The van der Waals surface area contributed by atoms with Crippen molar-refractivity contribution >= 4 is 0 Å². The van der Waals surface area contributed by atoms with Crippen molar-refractivity contribution in [3.63, 3.8) is 0 Å². The molecular weight excluding hydrogens is 725 g/mol. The molecule has 0 aromatic heterocycles. The fourth-order valence-corrected chi connectivity index (χ4v) is 7.24. The molecular formula is C47H52O10. The fourth-order valence-electron chi connectivity index (χ4n) is 7.24. The van der Waals surface area contributed by atoms with Gasteiger partial charge in [0.05, 0.1) is 45.7 Å². The normalized spacial score (nSPS) is 27.6. The first-order chi connectivity index (χ1) is 28.1. The van der Waals surface area contributed by atoms with E-state index in [2.05, 4.69) is 0 Å². The fraction of sp³-hybridized carbons (Fsp3) is 0.362. The lowest BCUT2D eigenvalue weighted by Crippen LogP contribution is -2.65. The molecule has 0 amide bonds. The van der Waals surface area contributed by atoms with Crippen LogP contribution in [-0.2, 0) is 70.9 Å². The number of aliphatic hydroxyl groups excluding tert-OH is 2. The second kappa shape index (κ2) is 20.9. The quantitative estimate of drug-likeness (QED) is 0.0991. The zero-order valence-corrected chi connectivity index (χ0v) is 32.1. The Labute approximate surface area is 334 Å². The van der Waals surface area contributed by atoms with Gasteiger partial charge in [-0.1, -0.05) is 152 Å². The molecule has 2 fully saturated rings. The molecule has 0 bridgehead atoms.